The molecule has 2 atom stereocenters. The molecule has 0 aromatic heterocycles. The van der Waals surface area contributed by atoms with Gasteiger partial charge in [-0.3, -0.25) is 4.79 Å². The Morgan fingerprint density at radius 1 is 1.93 bits per heavy atom. The number of aliphatic carboxylic acids is 1. The third-order valence-electron chi connectivity index (χ3n) is 2.51. The normalized spacial score (nSPS) is 30.7. The van der Waals surface area contributed by atoms with Gasteiger partial charge >= 0.3 is 5.97 Å². The van der Waals surface area contributed by atoms with E-state index in [-0.39, 0.29) is 12.5 Å². The molecule has 0 aromatic carbocycles. The molecule has 6 heteroatoms. The Morgan fingerprint density at radius 2 is 2.64 bits per heavy atom. The Balaban J connectivity index is 3.00. The van der Waals surface area contributed by atoms with E-state index in [9.17, 15) is 4.79 Å². The summed E-state index contributed by atoms with van der Waals surface area (Å²) in [7, 11) is 0. The quantitative estimate of drug-likeness (QED) is 0.302. The lowest BCUT2D eigenvalue weighted by Gasteiger charge is -2.23. The Kier molecular flexibility index (Phi) is 3.11. The molecule has 0 aromatic rings. The maximum atomic E-state index is 11.1. The summed E-state index contributed by atoms with van der Waals surface area (Å²) in [5.74, 6) is -1.29. The van der Waals surface area contributed by atoms with E-state index in [1.165, 1.54) is 0 Å². The van der Waals surface area contributed by atoms with Crippen LogP contribution >= 0.6 is 0 Å². The number of rotatable bonds is 4. The minimum Gasteiger partial charge on any atom is -0.481 e. The maximum absolute atomic E-state index is 11.1. The van der Waals surface area contributed by atoms with Gasteiger partial charge in [0.1, 0.15) is 0 Å². The number of allylic oxidation sites excluding steroid dienone is 1. The summed E-state index contributed by atoms with van der Waals surface area (Å²) in [6.07, 6.45) is 2.17. The van der Waals surface area contributed by atoms with Gasteiger partial charge in [0.05, 0.1) is 0 Å². The van der Waals surface area contributed by atoms with Crippen molar-refractivity contribution < 1.29 is 9.90 Å². The predicted octanol–water partition coefficient (Wildman–Crippen LogP) is 0.916. The molecule has 1 saturated heterocycles. The van der Waals surface area contributed by atoms with Crippen LogP contribution in [0.3, 0.4) is 0 Å². The van der Waals surface area contributed by atoms with Gasteiger partial charge in [-0.1, -0.05) is 11.2 Å². The first-order chi connectivity index (χ1) is 6.67. The van der Waals surface area contributed by atoms with E-state index in [1.54, 1.807) is 6.08 Å². The van der Waals surface area contributed by atoms with Crippen LogP contribution in [0.1, 0.15) is 6.42 Å². The summed E-state index contributed by atoms with van der Waals surface area (Å²) in [6, 6.07) is 0. The van der Waals surface area contributed by atoms with Gasteiger partial charge in [-0.05, 0) is 24.4 Å². The molecule has 1 rings (SSSR count). The number of azide groups is 1. The standard InChI is InChI=1S/C8H12N4O2/c1-2-3-6-4-10-5-8(6,7(13)14)11-12-9/h2,6,10H,1,3-5H2,(H,13,14)/t6-,8-/m1/s1. The summed E-state index contributed by atoms with van der Waals surface area (Å²) in [4.78, 5) is 13.7. The van der Waals surface area contributed by atoms with Crippen LogP contribution in [0.5, 0.6) is 0 Å². The number of carboxylic acids is 1. The van der Waals surface area contributed by atoms with Gasteiger partial charge in [-0.25, -0.2) is 0 Å². The van der Waals surface area contributed by atoms with Crippen LogP contribution in [0.25, 0.3) is 10.4 Å². The smallest absolute Gasteiger partial charge is 0.317 e. The summed E-state index contributed by atoms with van der Waals surface area (Å²) < 4.78 is 0. The van der Waals surface area contributed by atoms with Crippen molar-refractivity contribution in [1.29, 1.82) is 0 Å². The minimum absolute atomic E-state index is 0.185. The highest BCUT2D eigenvalue weighted by Gasteiger charge is 2.48. The second kappa shape index (κ2) is 4.13. The van der Waals surface area contributed by atoms with Crippen molar-refractivity contribution in [1.82, 2.24) is 5.32 Å². The Morgan fingerprint density at radius 3 is 3.14 bits per heavy atom. The van der Waals surface area contributed by atoms with E-state index in [0.717, 1.165) is 0 Å². The van der Waals surface area contributed by atoms with E-state index < -0.39 is 11.5 Å². The zero-order valence-electron chi connectivity index (χ0n) is 7.68. The van der Waals surface area contributed by atoms with Crippen LogP contribution < -0.4 is 5.32 Å². The van der Waals surface area contributed by atoms with Crippen molar-refractivity contribution in [3.05, 3.63) is 23.1 Å². The number of carboxylic acid groups (broad SMARTS) is 1. The fraction of sp³-hybridized carbons (Fsp3) is 0.625. The van der Waals surface area contributed by atoms with Crippen LogP contribution in [0, 0.1) is 5.92 Å². The molecule has 1 aliphatic heterocycles. The number of nitrogens with zero attached hydrogens (tertiary/aromatic N) is 3. The molecule has 1 heterocycles. The molecule has 0 saturated carbocycles. The fourth-order valence-corrected chi connectivity index (χ4v) is 1.72. The molecule has 0 unspecified atom stereocenters. The Hall–Kier alpha value is -1.52. The second-order valence-electron chi connectivity index (χ2n) is 3.27. The molecule has 76 valence electrons. The van der Waals surface area contributed by atoms with Gasteiger partial charge in [-0.2, -0.15) is 0 Å². The molecule has 1 fully saturated rings. The van der Waals surface area contributed by atoms with Gasteiger partial charge in [-0.15, -0.1) is 6.58 Å². The number of carbonyl (C=O) groups is 1. The van der Waals surface area contributed by atoms with E-state index in [1.807, 2.05) is 0 Å². The molecule has 0 aliphatic carbocycles. The molecule has 0 spiro atoms. The number of nitrogens with one attached hydrogen (secondary N) is 1. The molecule has 0 amide bonds. The highest BCUT2D eigenvalue weighted by Crippen LogP contribution is 2.30. The number of hydrogen-bond acceptors (Lipinski definition) is 3. The van der Waals surface area contributed by atoms with E-state index in [4.69, 9.17) is 10.6 Å². The van der Waals surface area contributed by atoms with Gasteiger partial charge in [0, 0.05) is 11.5 Å². The second-order valence-corrected chi connectivity index (χ2v) is 3.27. The van der Waals surface area contributed by atoms with E-state index in [0.29, 0.717) is 13.0 Å². The Labute approximate surface area is 81.2 Å². The van der Waals surface area contributed by atoms with Crippen molar-refractivity contribution in [2.24, 2.45) is 11.0 Å². The third kappa shape index (κ3) is 1.57. The third-order valence-corrected chi connectivity index (χ3v) is 2.51. The van der Waals surface area contributed by atoms with Crippen molar-refractivity contribution in [3.8, 4) is 0 Å². The summed E-state index contributed by atoms with van der Waals surface area (Å²) in [5.41, 5.74) is 7.02. The molecule has 0 bridgehead atoms. The topological polar surface area (TPSA) is 98.1 Å². The SMILES string of the molecule is C=CC[C@@H]1CNC[C@]1(N=[N+]=[N-])C(=O)O. The highest BCUT2D eigenvalue weighted by molar-refractivity contribution is 5.80. The van der Waals surface area contributed by atoms with E-state index in [2.05, 4.69) is 21.9 Å². The lowest BCUT2D eigenvalue weighted by molar-refractivity contribution is -0.144. The van der Waals surface area contributed by atoms with Crippen molar-refractivity contribution in [2.75, 3.05) is 13.1 Å². The van der Waals surface area contributed by atoms with E-state index >= 15 is 0 Å². The van der Waals surface area contributed by atoms with Crippen molar-refractivity contribution in [2.45, 2.75) is 12.0 Å². The summed E-state index contributed by atoms with van der Waals surface area (Å²) in [6.45, 7) is 4.28. The summed E-state index contributed by atoms with van der Waals surface area (Å²) in [5, 5.41) is 15.4. The molecular formula is C8H12N4O2. The zero-order chi connectivity index (χ0) is 10.6. The molecule has 2 N–H and O–H groups in total. The molecule has 14 heavy (non-hydrogen) atoms. The van der Waals surface area contributed by atoms with Gasteiger partial charge in [0.25, 0.3) is 0 Å². The van der Waals surface area contributed by atoms with Gasteiger partial charge in [0.15, 0.2) is 5.54 Å². The lowest BCUT2D eigenvalue weighted by atomic mass is 9.85. The lowest BCUT2D eigenvalue weighted by Crippen LogP contribution is -2.43. The van der Waals surface area contributed by atoms with Crippen molar-refractivity contribution >= 4 is 5.97 Å². The Bertz CT molecular complexity index is 294. The van der Waals surface area contributed by atoms with Gasteiger partial charge in [0.2, 0.25) is 0 Å². The zero-order valence-corrected chi connectivity index (χ0v) is 7.68. The van der Waals surface area contributed by atoms with Crippen LogP contribution in [-0.2, 0) is 4.79 Å². The van der Waals surface area contributed by atoms with Crippen molar-refractivity contribution in [3.63, 3.8) is 0 Å². The molecular weight excluding hydrogens is 184 g/mol. The summed E-state index contributed by atoms with van der Waals surface area (Å²) >= 11 is 0. The average molecular weight is 196 g/mol. The minimum atomic E-state index is -1.34. The molecule has 0 radical (unpaired) electrons. The predicted molar refractivity (Wildman–Crippen MR) is 50.7 cm³/mol. The van der Waals surface area contributed by atoms with Crippen LogP contribution in [-0.4, -0.2) is 29.7 Å². The maximum Gasteiger partial charge on any atom is 0.317 e. The monoisotopic (exact) mass is 196 g/mol. The van der Waals surface area contributed by atoms with Gasteiger partial charge < -0.3 is 10.4 Å². The molecule has 6 nitrogen and oxygen atoms in total. The first kappa shape index (κ1) is 10.6. The number of hydrogen-bond donors (Lipinski definition) is 2. The largest absolute Gasteiger partial charge is 0.481 e. The first-order valence-corrected chi connectivity index (χ1v) is 4.28. The van der Waals surface area contributed by atoms with Crippen LogP contribution in [0.4, 0.5) is 0 Å². The first-order valence-electron chi connectivity index (χ1n) is 4.28. The van der Waals surface area contributed by atoms with Crippen LogP contribution in [0.2, 0.25) is 0 Å². The van der Waals surface area contributed by atoms with Crippen LogP contribution in [0.15, 0.2) is 17.8 Å². The fourth-order valence-electron chi connectivity index (χ4n) is 1.72. The highest BCUT2D eigenvalue weighted by atomic mass is 16.4. The molecule has 1 aliphatic rings. The average Bonchev–Trinajstić information content (AvgIpc) is 2.51.